The van der Waals surface area contributed by atoms with Crippen LogP contribution in [-0.4, -0.2) is 12.6 Å². The van der Waals surface area contributed by atoms with Gasteiger partial charge in [0.25, 0.3) is 0 Å². The van der Waals surface area contributed by atoms with Crippen LogP contribution in [-0.2, 0) is 6.42 Å². The van der Waals surface area contributed by atoms with Crippen LogP contribution in [0.4, 0.5) is 0 Å². The van der Waals surface area contributed by atoms with E-state index in [0.717, 1.165) is 6.42 Å². The van der Waals surface area contributed by atoms with Gasteiger partial charge in [0.2, 0.25) is 0 Å². The molecular formula is C16H27N. The Morgan fingerprint density at radius 2 is 1.76 bits per heavy atom. The number of benzene rings is 1. The molecule has 0 heterocycles. The molecule has 0 aromatic heterocycles. The quantitative estimate of drug-likeness (QED) is 0.631. The van der Waals surface area contributed by atoms with Crippen molar-refractivity contribution in [3.05, 3.63) is 35.9 Å². The van der Waals surface area contributed by atoms with Crippen LogP contribution in [0.15, 0.2) is 30.3 Å². The van der Waals surface area contributed by atoms with Crippen LogP contribution in [0.2, 0.25) is 0 Å². The molecule has 0 saturated heterocycles. The predicted octanol–water partition coefficient (Wildman–Crippen LogP) is 4.18. The summed E-state index contributed by atoms with van der Waals surface area (Å²) in [5, 5.41) is 3.68. The topological polar surface area (TPSA) is 12.0 Å². The third-order valence-electron chi connectivity index (χ3n) is 3.28. The molecule has 1 aromatic carbocycles. The Morgan fingerprint density at radius 1 is 1.00 bits per heavy atom. The van der Waals surface area contributed by atoms with E-state index in [-0.39, 0.29) is 0 Å². The first kappa shape index (κ1) is 14.2. The van der Waals surface area contributed by atoms with Crippen LogP contribution >= 0.6 is 0 Å². The van der Waals surface area contributed by atoms with E-state index in [0.29, 0.717) is 6.04 Å². The fraction of sp³-hybridized carbons (Fsp3) is 0.625. The lowest BCUT2D eigenvalue weighted by Gasteiger charge is -2.17. The molecular weight excluding hydrogens is 206 g/mol. The summed E-state index contributed by atoms with van der Waals surface area (Å²) in [6.07, 6.45) is 7.75. The largest absolute Gasteiger partial charge is 0.314 e. The maximum absolute atomic E-state index is 3.68. The van der Waals surface area contributed by atoms with Gasteiger partial charge >= 0.3 is 0 Å². The van der Waals surface area contributed by atoms with Crippen molar-refractivity contribution in [1.29, 1.82) is 0 Å². The summed E-state index contributed by atoms with van der Waals surface area (Å²) >= 11 is 0. The summed E-state index contributed by atoms with van der Waals surface area (Å²) in [6, 6.07) is 11.4. The smallest absolute Gasteiger partial charge is 0.0105 e. The molecule has 1 N–H and O–H groups in total. The Morgan fingerprint density at radius 3 is 2.41 bits per heavy atom. The van der Waals surface area contributed by atoms with E-state index in [1.807, 2.05) is 0 Å². The van der Waals surface area contributed by atoms with Crippen molar-refractivity contribution in [1.82, 2.24) is 5.32 Å². The van der Waals surface area contributed by atoms with Crippen molar-refractivity contribution in [3.63, 3.8) is 0 Å². The van der Waals surface area contributed by atoms with Crippen molar-refractivity contribution >= 4 is 0 Å². The van der Waals surface area contributed by atoms with Crippen LogP contribution in [0.25, 0.3) is 0 Å². The van der Waals surface area contributed by atoms with Crippen molar-refractivity contribution in [2.75, 3.05) is 6.54 Å². The first-order valence-electron chi connectivity index (χ1n) is 7.14. The Hall–Kier alpha value is -0.820. The lowest BCUT2D eigenvalue weighted by molar-refractivity contribution is 0.478. The molecule has 1 rings (SSSR count). The molecule has 0 aliphatic heterocycles. The van der Waals surface area contributed by atoms with Gasteiger partial charge in [0.1, 0.15) is 0 Å². The lowest BCUT2D eigenvalue weighted by Crippen LogP contribution is -2.31. The fourth-order valence-corrected chi connectivity index (χ4v) is 2.12. The van der Waals surface area contributed by atoms with E-state index in [9.17, 15) is 0 Å². The van der Waals surface area contributed by atoms with E-state index in [2.05, 4.69) is 49.5 Å². The molecule has 0 fully saturated rings. The van der Waals surface area contributed by atoms with Crippen LogP contribution in [0.3, 0.4) is 0 Å². The summed E-state index contributed by atoms with van der Waals surface area (Å²) < 4.78 is 0. The average molecular weight is 233 g/mol. The van der Waals surface area contributed by atoms with Crippen LogP contribution in [0.5, 0.6) is 0 Å². The van der Waals surface area contributed by atoms with Crippen molar-refractivity contribution in [2.24, 2.45) is 0 Å². The van der Waals surface area contributed by atoms with E-state index < -0.39 is 0 Å². The molecule has 1 unspecified atom stereocenters. The van der Waals surface area contributed by atoms with Gasteiger partial charge in [0.05, 0.1) is 0 Å². The minimum absolute atomic E-state index is 0.638. The van der Waals surface area contributed by atoms with Crippen molar-refractivity contribution < 1.29 is 0 Å². The maximum Gasteiger partial charge on any atom is 0.0105 e. The summed E-state index contributed by atoms with van der Waals surface area (Å²) in [6.45, 7) is 5.70. The van der Waals surface area contributed by atoms with Gasteiger partial charge in [-0.2, -0.15) is 0 Å². The first-order chi connectivity index (χ1) is 8.36. The Balaban J connectivity index is 2.20. The zero-order valence-corrected chi connectivity index (χ0v) is 11.4. The molecule has 0 bridgehead atoms. The average Bonchev–Trinajstić information content (AvgIpc) is 2.38. The van der Waals surface area contributed by atoms with E-state index in [4.69, 9.17) is 0 Å². The van der Waals surface area contributed by atoms with Gasteiger partial charge in [-0.1, -0.05) is 63.4 Å². The Labute approximate surface area is 107 Å². The molecule has 0 spiro atoms. The number of hydrogen-bond acceptors (Lipinski definition) is 1. The summed E-state index contributed by atoms with van der Waals surface area (Å²) in [7, 11) is 0. The van der Waals surface area contributed by atoms with Gasteiger partial charge < -0.3 is 5.32 Å². The standard InChI is InChI=1S/C16H27N/c1-3-5-6-10-13-17-16(4-2)14-15-11-8-7-9-12-15/h7-9,11-12,16-17H,3-6,10,13-14H2,1-2H3. The zero-order valence-electron chi connectivity index (χ0n) is 11.4. The Bertz CT molecular complexity index is 268. The van der Waals surface area contributed by atoms with Gasteiger partial charge in [-0.15, -0.1) is 0 Å². The highest BCUT2D eigenvalue weighted by atomic mass is 14.9. The molecule has 0 radical (unpaired) electrons. The minimum Gasteiger partial charge on any atom is -0.314 e. The second kappa shape index (κ2) is 9.23. The molecule has 1 aromatic rings. The van der Waals surface area contributed by atoms with Gasteiger partial charge in [0.15, 0.2) is 0 Å². The zero-order chi connectivity index (χ0) is 12.3. The molecule has 0 aliphatic carbocycles. The molecule has 96 valence electrons. The highest BCUT2D eigenvalue weighted by Gasteiger charge is 2.05. The Kier molecular flexibility index (Phi) is 7.74. The number of hydrogen-bond donors (Lipinski definition) is 1. The number of unbranched alkanes of at least 4 members (excludes halogenated alkanes) is 3. The minimum atomic E-state index is 0.638. The van der Waals surface area contributed by atoms with Crippen LogP contribution in [0.1, 0.15) is 51.5 Å². The molecule has 0 saturated carbocycles. The second-order valence-corrected chi connectivity index (χ2v) is 4.81. The predicted molar refractivity (Wildman–Crippen MR) is 76.4 cm³/mol. The molecule has 17 heavy (non-hydrogen) atoms. The molecule has 1 heteroatoms. The normalized spacial score (nSPS) is 12.6. The molecule has 0 aliphatic rings. The third kappa shape index (κ3) is 6.48. The fourth-order valence-electron chi connectivity index (χ4n) is 2.12. The highest BCUT2D eigenvalue weighted by Crippen LogP contribution is 2.06. The molecule has 1 nitrogen and oxygen atoms in total. The molecule has 1 atom stereocenters. The molecule has 0 amide bonds. The van der Waals surface area contributed by atoms with E-state index in [1.54, 1.807) is 0 Å². The summed E-state index contributed by atoms with van der Waals surface area (Å²) in [5.41, 5.74) is 1.44. The van der Waals surface area contributed by atoms with Gasteiger partial charge in [-0.25, -0.2) is 0 Å². The van der Waals surface area contributed by atoms with Gasteiger partial charge in [-0.3, -0.25) is 0 Å². The van der Waals surface area contributed by atoms with Gasteiger partial charge in [-0.05, 0) is 31.4 Å². The number of rotatable bonds is 9. The summed E-state index contributed by atoms with van der Waals surface area (Å²) in [5.74, 6) is 0. The summed E-state index contributed by atoms with van der Waals surface area (Å²) in [4.78, 5) is 0. The third-order valence-corrected chi connectivity index (χ3v) is 3.28. The van der Waals surface area contributed by atoms with Crippen LogP contribution < -0.4 is 5.32 Å². The van der Waals surface area contributed by atoms with E-state index >= 15 is 0 Å². The SMILES string of the molecule is CCCCCCNC(CC)Cc1ccccc1. The van der Waals surface area contributed by atoms with Crippen LogP contribution in [0, 0.1) is 0 Å². The van der Waals surface area contributed by atoms with Gasteiger partial charge in [0, 0.05) is 6.04 Å². The van der Waals surface area contributed by atoms with E-state index in [1.165, 1.54) is 44.2 Å². The van der Waals surface area contributed by atoms with Crippen molar-refractivity contribution in [2.45, 2.75) is 58.4 Å². The van der Waals surface area contributed by atoms with Crippen molar-refractivity contribution in [3.8, 4) is 0 Å². The monoisotopic (exact) mass is 233 g/mol. The highest BCUT2D eigenvalue weighted by molar-refractivity contribution is 5.15. The second-order valence-electron chi connectivity index (χ2n) is 4.81. The number of nitrogens with one attached hydrogen (secondary N) is 1. The first-order valence-corrected chi connectivity index (χ1v) is 7.14. The lowest BCUT2D eigenvalue weighted by atomic mass is 10.0. The maximum atomic E-state index is 3.68.